The third kappa shape index (κ3) is 4.67. The number of benzene rings is 1. The minimum absolute atomic E-state index is 0.0631. The number of hydrogen-bond acceptors (Lipinski definition) is 1. The molecule has 1 aromatic carbocycles. The van der Waals surface area contributed by atoms with Gasteiger partial charge >= 0.3 is 0 Å². The molecule has 0 aromatic heterocycles. The molecule has 0 bridgehead atoms. The zero-order chi connectivity index (χ0) is 17.0. The van der Waals surface area contributed by atoms with Crippen LogP contribution in [0.15, 0.2) is 30.3 Å². The van der Waals surface area contributed by atoms with Crippen LogP contribution < -0.4 is 5.32 Å². The third-order valence-electron chi connectivity index (χ3n) is 4.41. The first-order valence-electron chi connectivity index (χ1n) is 7.97. The van der Waals surface area contributed by atoms with E-state index in [2.05, 4.69) is 5.32 Å². The van der Waals surface area contributed by atoms with Crippen LogP contribution in [0.4, 0.5) is 4.11 Å². The number of carbonyl (C=O) groups excluding carboxylic acids is 1. The van der Waals surface area contributed by atoms with E-state index < -0.39 is 8.41 Å². The van der Waals surface area contributed by atoms with Gasteiger partial charge in [-0.1, -0.05) is 71.9 Å². The van der Waals surface area contributed by atoms with Gasteiger partial charge in [0, 0.05) is 13.0 Å². The zero-order valence-electron chi connectivity index (χ0n) is 14.8. The van der Waals surface area contributed by atoms with E-state index in [1.54, 1.807) is 0 Å². The first kappa shape index (κ1) is 18.9. The van der Waals surface area contributed by atoms with Crippen LogP contribution >= 0.6 is 0 Å². The Morgan fingerprint density at radius 1 is 1.05 bits per heavy atom. The molecule has 1 aromatic rings. The molecule has 0 heterocycles. The van der Waals surface area contributed by atoms with Crippen LogP contribution in [-0.2, 0) is 11.3 Å². The molecule has 0 saturated heterocycles. The lowest BCUT2D eigenvalue weighted by Gasteiger charge is -2.44. The molecule has 0 saturated carbocycles. The Hall–Kier alpha value is -1.16. The molecule has 0 radical (unpaired) electrons. The van der Waals surface area contributed by atoms with Gasteiger partial charge in [0.1, 0.15) is 0 Å². The highest BCUT2D eigenvalue weighted by molar-refractivity contribution is 6.79. The molecule has 0 aliphatic rings. The van der Waals surface area contributed by atoms with Gasteiger partial charge in [-0.3, -0.25) is 4.79 Å². The summed E-state index contributed by atoms with van der Waals surface area (Å²) >= 11 is 0. The van der Waals surface area contributed by atoms with Crippen molar-refractivity contribution in [1.82, 2.24) is 5.32 Å². The Morgan fingerprint density at radius 3 is 2.00 bits per heavy atom. The second-order valence-corrected chi connectivity index (χ2v) is 13.2. The fourth-order valence-corrected chi connectivity index (χ4v) is 7.37. The predicted molar refractivity (Wildman–Crippen MR) is 94.0 cm³/mol. The Labute approximate surface area is 135 Å². The second kappa shape index (κ2) is 6.94. The Morgan fingerprint density at radius 2 is 1.55 bits per heavy atom. The van der Waals surface area contributed by atoms with Gasteiger partial charge in [0.05, 0.1) is 0 Å². The van der Waals surface area contributed by atoms with E-state index in [0.717, 1.165) is 5.56 Å². The van der Waals surface area contributed by atoms with Crippen LogP contribution in [0.25, 0.3) is 0 Å². The molecule has 0 atom stereocenters. The number of amides is 1. The van der Waals surface area contributed by atoms with Gasteiger partial charge in [-0.2, -0.15) is 0 Å². The highest BCUT2D eigenvalue weighted by Crippen LogP contribution is 2.54. The molecule has 1 amide bonds. The lowest BCUT2D eigenvalue weighted by atomic mass is 10.2. The van der Waals surface area contributed by atoms with Crippen LogP contribution in [0, 0.1) is 0 Å². The maximum absolute atomic E-state index is 15.7. The fraction of sp³-hybridized carbons (Fsp3) is 0.611. The van der Waals surface area contributed by atoms with E-state index in [0.29, 0.717) is 12.6 Å². The van der Waals surface area contributed by atoms with Crippen molar-refractivity contribution in [1.29, 1.82) is 0 Å². The second-order valence-electron chi connectivity index (χ2n) is 8.06. The standard InChI is InChI=1S/C18H30FNOSi/c1-17(2,3)22(19,18(4,5)6)13-12-16(21)20-14-15-10-8-7-9-11-15/h7-11H,12-14H2,1-6H3,(H,20,21). The monoisotopic (exact) mass is 323 g/mol. The Balaban J connectivity index is 2.61. The largest absolute Gasteiger partial charge is 0.352 e. The van der Waals surface area contributed by atoms with Gasteiger partial charge in [-0.15, -0.1) is 0 Å². The van der Waals surface area contributed by atoms with Crippen molar-refractivity contribution in [3.8, 4) is 0 Å². The van der Waals surface area contributed by atoms with Gasteiger partial charge in [0.15, 0.2) is 0 Å². The summed E-state index contributed by atoms with van der Waals surface area (Å²) in [5.74, 6) is -0.0631. The van der Waals surface area contributed by atoms with E-state index in [1.807, 2.05) is 71.9 Å². The minimum Gasteiger partial charge on any atom is -0.352 e. The summed E-state index contributed by atoms with van der Waals surface area (Å²) in [6.45, 7) is 12.3. The number of hydrogen-bond donors (Lipinski definition) is 1. The molecule has 0 spiro atoms. The van der Waals surface area contributed by atoms with Gasteiger partial charge in [0.25, 0.3) is 8.41 Å². The average molecular weight is 324 g/mol. The Bertz CT molecular complexity index is 474. The summed E-state index contributed by atoms with van der Waals surface area (Å²) in [7, 11) is -3.08. The smallest absolute Gasteiger partial charge is 0.258 e. The maximum atomic E-state index is 15.7. The van der Waals surface area contributed by atoms with E-state index in [9.17, 15) is 4.79 Å². The summed E-state index contributed by atoms with van der Waals surface area (Å²) in [5.41, 5.74) is 1.06. The van der Waals surface area contributed by atoms with Crippen LogP contribution in [0.5, 0.6) is 0 Å². The predicted octanol–water partition coefficient (Wildman–Crippen LogP) is 5.21. The van der Waals surface area contributed by atoms with Crippen molar-refractivity contribution in [2.75, 3.05) is 0 Å². The van der Waals surface area contributed by atoms with Gasteiger partial charge < -0.3 is 9.42 Å². The van der Waals surface area contributed by atoms with Crippen molar-refractivity contribution in [2.24, 2.45) is 0 Å². The van der Waals surface area contributed by atoms with E-state index >= 15 is 4.11 Å². The van der Waals surface area contributed by atoms with Crippen molar-refractivity contribution in [3.63, 3.8) is 0 Å². The van der Waals surface area contributed by atoms with E-state index in [4.69, 9.17) is 0 Å². The molecule has 124 valence electrons. The minimum atomic E-state index is -3.08. The van der Waals surface area contributed by atoms with Crippen LogP contribution in [0.1, 0.15) is 53.5 Å². The number of rotatable bonds is 5. The summed E-state index contributed by atoms with van der Waals surface area (Å²) in [6.07, 6.45) is 0.268. The lowest BCUT2D eigenvalue weighted by molar-refractivity contribution is -0.120. The molecule has 0 fully saturated rings. The van der Waals surface area contributed by atoms with Crippen LogP contribution in [-0.4, -0.2) is 14.3 Å². The van der Waals surface area contributed by atoms with Crippen molar-refractivity contribution in [2.45, 2.75) is 70.6 Å². The first-order chi connectivity index (χ1) is 9.97. The SMILES string of the molecule is CC(C)(C)[Si](F)(CCC(=O)NCc1ccccc1)C(C)(C)C. The number of nitrogens with one attached hydrogen (secondary N) is 1. The Kier molecular flexibility index (Phi) is 5.96. The summed E-state index contributed by atoms with van der Waals surface area (Å²) in [5, 5.41) is 2.15. The van der Waals surface area contributed by atoms with Crippen molar-refractivity contribution >= 4 is 14.3 Å². The third-order valence-corrected chi connectivity index (χ3v) is 10.1. The lowest BCUT2D eigenvalue weighted by Crippen LogP contribution is -2.48. The zero-order valence-corrected chi connectivity index (χ0v) is 15.8. The van der Waals surface area contributed by atoms with Crippen molar-refractivity contribution in [3.05, 3.63) is 35.9 Å². The molecule has 0 aliphatic heterocycles. The molecule has 0 unspecified atom stereocenters. The normalized spacial score (nSPS) is 13.0. The molecule has 22 heavy (non-hydrogen) atoms. The molecule has 1 rings (SSSR count). The molecular weight excluding hydrogens is 293 g/mol. The van der Waals surface area contributed by atoms with Gasteiger partial charge in [-0.25, -0.2) is 0 Å². The van der Waals surface area contributed by atoms with Crippen LogP contribution in [0.3, 0.4) is 0 Å². The number of halogens is 1. The first-order valence-corrected chi connectivity index (χ1v) is 10.1. The fourth-order valence-electron chi connectivity index (χ4n) is 3.05. The molecule has 2 nitrogen and oxygen atoms in total. The summed E-state index contributed by atoms with van der Waals surface area (Å²) < 4.78 is 15.7. The highest BCUT2D eigenvalue weighted by atomic mass is 28.4. The molecule has 4 heteroatoms. The highest BCUT2D eigenvalue weighted by Gasteiger charge is 2.54. The van der Waals surface area contributed by atoms with Crippen LogP contribution in [0.2, 0.25) is 16.1 Å². The number of carbonyl (C=O) groups is 1. The summed E-state index contributed by atoms with van der Waals surface area (Å²) in [4.78, 5) is 12.1. The van der Waals surface area contributed by atoms with Gasteiger partial charge in [-0.05, 0) is 21.7 Å². The van der Waals surface area contributed by atoms with Gasteiger partial charge in [0.2, 0.25) is 5.91 Å². The van der Waals surface area contributed by atoms with E-state index in [-0.39, 0.29) is 22.4 Å². The summed E-state index contributed by atoms with van der Waals surface area (Å²) in [6, 6.07) is 10.2. The molecule has 0 aliphatic carbocycles. The molecule has 1 N–H and O–H groups in total. The molecular formula is C18H30FNOSi. The van der Waals surface area contributed by atoms with E-state index in [1.165, 1.54) is 0 Å². The average Bonchev–Trinajstić information content (AvgIpc) is 2.41. The quantitative estimate of drug-likeness (QED) is 0.585. The van der Waals surface area contributed by atoms with Crippen molar-refractivity contribution < 1.29 is 8.90 Å². The topological polar surface area (TPSA) is 29.1 Å². The maximum Gasteiger partial charge on any atom is 0.258 e.